The van der Waals surface area contributed by atoms with Crippen molar-refractivity contribution < 1.29 is 19.1 Å². The maximum absolute atomic E-state index is 12.1. The van der Waals surface area contributed by atoms with E-state index in [4.69, 9.17) is 14.3 Å². The minimum Gasteiger partial charge on any atom is -0.482 e. The van der Waals surface area contributed by atoms with E-state index in [0.29, 0.717) is 16.9 Å². The van der Waals surface area contributed by atoms with Gasteiger partial charge >= 0.3 is 11.6 Å². The normalized spacial score (nSPS) is 10.5. The van der Waals surface area contributed by atoms with Crippen LogP contribution in [0.2, 0.25) is 0 Å². The standard InChI is InChI=1S/C17H12O5/c18-16(19)10-21-13-7-6-12-8-14(11-4-2-1-3-5-11)17(20)22-15(12)9-13/h1-9H,10H2,(H,18,19). The Labute approximate surface area is 125 Å². The molecule has 0 unspecified atom stereocenters. The summed E-state index contributed by atoms with van der Waals surface area (Å²) in [6.07, 6.45) is 0. The first-order valence-electron chi connectivity index (χ1n) is 6.61. The quantitative estimate of drug-likeness (QED) is 0.749. The molecule has 0 fully saturated rings. The van der Waals surface area contributed by atoms with Gasteiger partial charge in [-0.15, -0.1) is 0 Å². The number of aliphatic carboxylic acids is 1. The average molecular weight is 296 g/mol. The molecule has 0 aliphatic carbocycles. The van der Waals surface area contributed by atoms with Gasteiger partial charge in [0, 0.05) is 11.5 Å². The highest BCUT2D eigenvalue weighted by Gasteiger charge is 2.09. The predicted octanol–water partition coefficient (Wildman–Crippen LogP) is 2.92. The Kier molecular flexibility index (Phi) is 3.62. The lowest BCUT2D eigenvalue weighted by molar-refractivity contribution is -0.139. The van der Waals surface area contributed by atoms with Crippen molar-refractivity contribution in [1.29, 1.82) is 0 Å². The van der Waals surface area contributed by atoms with Crippen LogP contribution in [0.4, 0.5) is 0 Å². The fraction of sp³-hybridized carbons (Fsp3) is 0.0588. The van der Waals surface area contributed by atoms with E-state index in [0.717, 1.165) is 10.9 Å². The molecule has 2 aromatic carbocycles. The molecule has 0 atom stereocenters. The number of hydrogen-bond donors (Lipinski definition) is 1. The lowest BCUT2D eigenvalue weighted by Crippen LogP contribution is -2.09. The second-order valence-electron chi connectivity index (χ2n) is 4.70. The Hall–Kier alpha value is -3.08. The Morgan fingerprint density at radius 1 is 1.09 bits per heavy atom. The number of rotatable bonds is 4. The summed E-state index contributed by atoms with van der Waals surface area (Å²) in [6, 6.07) is 15.9. The maximum atomic E-state index is 12.1. The number of hydrogen-bond acceptors (Lipinski definition) is 4. The topological polar surface area (TPSA) is 76.7 Å². The lowest BCUT2D eigenvalue weighted by Gasteiger charge is -2.05. The van der Waals surface area contributed by atoms with E-state index in [-0.39, 0.29) is 0 Å². The Balaban J connectivity index is 2.03. The molecular weight excluding hydrogens is 284 g/mol. The van der Waals surface area contributed by atoms with Gasteiger partial charge in [0.25, 0.3) is 0 Å². The van der Waals surface area contributed by atoms with Gasteiger partial charge in [0.2, 0.25) is 0 Å². The Morgan fingerprint density at radius 3 is 2.59 bits per heavy atom. The molecule has 110 valence electrons. The maximum Gasteiger partial charge on any atom is 0.344 e. The van der Waals surface area contributed by atoms with Crippen LogP contribution in [-0.2, 0) is 4.79 Å². The number of ether oxygens (including phenoxy) is 1. The van der Waals surface area contributed by atoms with Crippen molar-refractivity contribution in [3.63, 3.8) is 0 Å². The van der Waals surface area contributed by atoms with Crippen molar-refractivity contribution in [2.75, 3.05) is 6.61 Å². The molecule has 1 N–H and O–H groups in total. The van der Waals surface area contributed by atoms with Gasteiger partial charge in [0.15, 0.2) is 6.61 Å². The minimum absolute atomic E-state index is 0.338. The molecule has 0 aliphatic heterocycles. The average Bonchev–Trinajstić information content (AvgIpc) is 2.53. The smallest absolute Gasteiger partial charge is 0.344 e. The summed E-state index contributed by atoms with van der Waals surface area (Å²) in [6.45, 7) is -0.447. The van der Waals surface area contributed by atoms with Gasteiger partial charge in [-0.2, -0.15) is 0 Å². The highest BCUT2D eigenvalue weighted by molar-refractivity contribution is 5.82. The first kappa shape index (κ1) is 13.9. The van der Waals surface area contributed by atoms with Crippen molar-refractivity contribution in [1.82, 2.24) is 0 Å². The van der Waals surface area contributed by atoms with Gasteiger partial charge in [-0.1, -0.05) is 30.3 Å². The zero-order chi connectivity index (χ0) is 15.5. The molecule has 1 aromatic heterocycles. The van der Waals surface area contributed by atoms with Gasteiger partial charge in [0.05, 0.1) is 5.56 Å². The Bertz CT molecular complexity index is 880. The van der Waals surface area contributed by atoms with E-state index in [2.05, 4.69) is 0 Å². The first-order valence-corrected chi connectivity index (χ1v) is 6.61. The van der Waals surface area contributed by atoms with Crippen molar-refractivity contribution in [2.24, 2.45) is 0 Å². The second-order valence-corrected chi connectivity index (χ2v) is 4.70. The third-order valence-electron chi connectivity index (χ3n) is 3.15. The lowest BCUT2D eigenvalue weighted by atomic mass is 10.1. The van der Waals surface area contributed by atoms with E-state index >= 15 is 0 Å². The van der Waals surface area contributed by atoms with Crippen LogP contribution in [0, 0.1) is 0 Å². The molecule has 0 amide bonds. The molecule has 5 nitrogen and oxygen atoms in total. The molecule has 5 heteroatoms. The zero-order valence-corrected chi connectivity index (χ0v) is 11.5. The van der Waals surface area contributed by atoms with Crippen LogP contribution in [0.1, 0.15) is 0 Å². The molecule has 1 heterocycles. The van der Waals surface area contributed by atoms with Gasteiger partial charge in [0.1, 0.15) is 11.3 Å². The van der Waals surface area contributed by atoms with E-state index in [1.807, 2.05) is 30.3 Å². The molecule has 0 bridgehead atoms. The summed E-state index contributed by atoms with van der Waals surface area (Å²) in [5, 5.41) is 9.33. The van der Waals surface area contributed by atoms with Gasteiger partial charge in [-0.3, -0.25) is 0 Å². The summed E-state index contributed by atoms with van der Waals surface area (Å²) in [5.41, 5.74) is 1.17. The second kappa shape index (κ2) is 5.73. The van der Waals surface area contributed by atoms with E-state index in [9.17, 15) is 9.59 Å². The van der Waals surface area contributed by atoms with Gasteiger partial charge in [-0.05, 0) is 23.8 Å². The van der Waals surface area contributed by atoms with Crippen LogP contribution in [-0.4, -0.2) is 17.7 Å². The molecule has 3 rings (SSSR count). The number of benzene rings is 2. The highest BCUT2D eigenvalue weighted by atomic mass is 16.5. The van der Waals surface area contributed by atoms with Crippen LogP contribution >= 0.6 is 0 Å². The van der Waals surface area contributed by atoms with Crippen LogP contribution in [0.3, 0.4) is 0 Å². The summed E-state index contributed by atoms with van der Waals surface area (Å²) in [7, 11) is 0. The molecule has 0 radical (unpaired) electrons. The molecular formula is C17H12O5. The predicted molar refractivity (Wildman–Crippen MR) is 81.1 cm³/mol. The molecule has 0 aliphatic rings. The van der Waals surface area contributed by atoms with E-state index < -0.39 is 18.2 Å². The molecule has 0 saturated heterocycles. The van der Waals surface area contributed by atoms with E-state index in [1.54, 1.807) is 18.2 Å². The third kappa shape index (κ3) is 2.83. The van der Waals surface area contributed by atoms with E-state index in [1.165, 1.54) is 6.07 Å². The van der Waals surface area contributed by atoms with Crippen molar-refractivity contribution in [3.05, 3.63) is 65.0 Å². The summed E-state index contributed by atoms with van der Waals surface area (Å²) in [5.74, 6) is -0.730. The number of carboxylic acid groups (broad SMARTS) is 1. The molecule has 3 aromatic rings. The molecule has 0 saturated carbocycles. The van der Waals surface area contributed by atoms with Crippen LogP contribution in [0.5, 0.6) is 5.75 Å². The first-order chi connectivity index (χ1) is 10.6. The monoisotopic (exact) mass is 296 g/mol. The number of carbonyl (C=O) groups is 1. The van der Waals surface area contributed by atoms with Gasteiger partial charge in [-0.25, -0.2) is 9.59 Å². The zero-order valence-electron chi connectivity index (χ0n) is 11.5. The Morgan fingerprint density at radius 2 is 1.86 bits per heavy atom. The fourth-order valence-electron chi connectivity index (χ4n) is 2.15. The minimum atomic E-state index is -1.07. The van der Waals surface area contributed by atoms with Gasteiger partial charge < -0.3 is 14.3 Å². The largest absolute Gasteiger partial charge is 0.482 e. The van der Waals surface area contributed by atoms with Crippen molar-refractivity contribution >= 4 is 16.9 Å². The van der Waals surface area contributed by atoms with Crippen LogP contribution in [0.25, 0.3) is 22.1 Å². The fourth-order valence-corrected chi connectivity index (χ4v) is 2.15. The van der Waals surface area contributed by atoms with Crippen LogP contribution in [0.15, 0.2) is 63.8 Å². The van der Waals surface area contributed by atoms with Crippen molar-refractivity contribution in [2.45, 2.75) is 0 Å². The summed E-state index contributed by atoms with van der Waals surface area (Å²) < 4.78 is 10.4. The van der Waals surface area contributed by atoms with Crippen LogP contribution < -0.4 is 10.4 Å². The highest BCUT2D eigenvalue weighted by Crippen LogP contribution is 2.24. The molecule has 22 heavy (non-hydrogen) atoms. The number of fused-ring (bicyclic) bond motifs is 1. The summed E-state index contributed by atoms with van der Waals surface area (Å²) in [4.78, 5) is 22.6. The third-order valence-corrected chi connectivity index (χ3v) is 3.15. The summed E-state index contributed by atoms with van der Waals surface area (Å²) >= 11 is 0. The van der Waals surface area contributed by atoms with Crippen molar-refractivity contribution in [3.8, 4) is 16.9 Å². The number of carboxylic acids is 1. The molecule has 0 spiro atoms. The SMILES string of the molecule is O=C(O)COc1ccc2cc(-c3ccccc3)c(=O)oc2c1.